The second-order valence-corrected chi connectivity index (χ2v) is 3.33. The lowest BCUT2D eigenvalue weighted by molar-refractivity contribution is -0.135. The van der Waals surface area contributed by atoms with Crippen LogP contribution in [0.2, 0.25) is 0 Å². The Hall–Kier alpha value is -2.50. The van der Waals surface area contributed by atoms with E-state index in [-0.39, 0.29) is 0 Å². The Morgan fingerprint density at radius 1 is 1.33 bits per heavy atom. The molecule has 2 amide bonds. The third-order valence-corrected chi connectivity index (χ3v) is 2.01. The van der Waals surface area contributed by atoms with Gasteiger partial charge in [-0.1, -0.05) is 12.1 Å². The summed E-state index contributed by atoms with van der Waals surface area (Å²) in [4.78, 5) is 21.3. The van der Waals surface area contributed by atoms with Crippen LogP contribution in [0, 0.1) is 0 Å². The summed E-state index contributed by atoms with van der Waals surface area (Å²) < 4.78 is 5.01. The highest BCUT2D eigenvalue weighted by molar-refractivity contribution is 5.80. The molecule has 0 saturated carbocycles. The number of carbonyl (C=O) groups is 2. The van der Waals surface area contributed by atoms with Crippen LogP contribution in [-0.2, 0) is 4.79 Å². The number of benzene rings is 1. The minimum Gasteiger partial charge on any atom is -0.497 e. The van der Waals surface area contributed by atoms with Gasteiger partial charge in [-0.3, -0.25) is 4.79 Å². The summed E-state index contributed by atoms with van der Waals surface area (Å²) in [6.45, 7) is -0.414. The first-order chi connectivity index (χ1) is 8.61. The quantitative estimate of drug-likeness (QED) is 0.728. The van der Waals surface area contributed by atoms with Crippen LogP contribution < -0.4 is 15.4 Å². The Morgan fingerprint density at radius 2 is 2.00 bits per heavy atom. The van der Waals surface area contributed by atoms with Gasteiger partial charge in [-0.25, -0.2) is 4.79 Å². The van der Waals surface area contributed by atoms with E-state index in [0.29, 0.717) is 0 Å². The fraction of sp³-hybridized carbons (Fsp3) is 0.167. The van der Waals surface area contributed by atoms with Gasteiger partial charge in [0.1, 0.15) is 12.3 Å². The van der Waals surface area contributed by atoms with Crippen LogP contribution in [0.15, 0.2) is 30.5 Å². The topological polar surface area (TPSA) is 87.7 Å². The highest BCUT2D eigenvalue weighted by Gasteiger charge is 1.99. The third-order valence-electron chi connectivity index (χ3n) is 2.01. The SMILES string of the molecule is COc1ccc(/C=C/NC(=O)NCC(=O)O)cc1. The van der Waals surface area contributed by atoms with E-state index >= 15 is 0 Å². The highest BCUT2D eigenvalue weighted by Crippen LogP contribution is 2.11. The molecule has 1 aromatic carbocycles. The van der Waals surface area contributed by atoms with Crippen molar-refractivity contribution in [3.8, 4) is 5.75 Å². The zero-order valence-corrected chi connectivity index (χ0v) is 9.84. The second kappa shape index (κ2) is 6.95. The maximum atomic E-state index is 11.1. The fourth-order valence-electron chi connectivity index (χ4n) is 1.14. The van der Waals surface area contributed by atoms with Crippen molar-refractivity contribution in [3.05, 3.63) is 36.0 Å². The molecule has 96 valence electrons. The van der Waals surface area contributed by atoms with E-state index in [1.165, 1.54) is 6.20 Å². The van der Waals surface area contributed by atoms with E-state index < -0.39 is 18.5 Å². The van der Waals surface area contributed by atoms with Gasteiger partial charge >= 0.3 is 12.0 Å². The summed E-state index contributed by atoms with van der Waals surface area (Å²) in [5.41, 5.74) is 0.884. The highest BCUT2D eigenvalue weighted by atomic mass is 16.5. The van der Waals surface area contributed by atoms with E-state index in [1.54, 1.807) is 25.3 Å². The maximum absolute atomic E-state index is 11.1. The number of carboxylic acids is 1. The Bertz CT molecular complexity index is 440. The normalized spacial score (nSPS) is 10.1. The minimum absolute atomic E-state index is 0.414. The number of amides is 2. The summed E-state index contributed by atoms with van der Waals surface area (Å²) in [7, 11) is 1.58. The molecule has 0 fully saturated rings. The largest absolute Gasteiger partial charge is 0.497 e. The summed E-state index contributed by atoms with van der Waals surface area (Å²) in [5, 5.41) is 12.9. The van der Waals surface area contributed by atoms with Crippen LogP contribution in [-0.4, -0.2) is 30.8 Å². The van der Waals surface area contributed by atoms with Gasteiger partial charge in [0.15, 0.2) is 0 Å². The zero-order valence-electron chi connectivity index (χ0n) is 9.84. The number of carbonyl (C=O) groups excluding carboxylic acids is 1. The van der Waals surface area contributed by atoms with Crippen molar-refractivity contribution in [1.29, 1.82) is 0 Å². The lowest BCUT2D eigenvalue weighted by Crippen LogP contribution is -2.35. The first-order valence-electron chi connectivity index (χ1n) is 5.18. The molecular formula is C12H14N2O4. The van der Waals surface area contributed by atoms with Crippen LogP contribution in [0.3, 0.4) is 0 Å². The Labute approximate surface area is 104 Å². The molecule has 0 radical (unpaired) electrons. The van der Waals surface area contributed by atoms with E-state index in [0.717, 1.165) is 11.3 Å². The lowest BCUT2D eigenvalue weighted by atomic mass is 10.2. The predicted molar refractivity (Wildman–Crippen MR) is 66.2 cm³/mol. The Morgan fingerprint density at radius 3 is 2.56 bits per heavy atom. The average Bonchev–Trinajstić information content (AvgIpc) is 2.37. The van der Waals surface area contributed by atoms with Crippen molar-refractivity contribution in [2.75, 3.05) is 13.7 Å². The van der Waals surface area contributed by atoms with Crippen molar-refractivity contribution in [3.63, 3.8) is 0 Å². The van der Waals surface area contributed by atoms with E-state index in [2.05, 4.69) is 10.6 Å². The van der Waals surface area contributed by atoms with Gasteiger partial charge in [0.25, 0.3) is 0 Å². The van der Waals surface area contributed by atoms with Gasteiger partial charge in [0.2, 0.25) is 0 Å². The van der Waals surface area contributed by atoms with Gasteiger partial charge in [-0.15, -0.1) is 0 Å². The first kappa shape index (κ1) is 13.6. The molecule has 0 heterocycles. The second-order valence-electron chi connectivity index (χ2n) is 3.33. The van der Waals surface area contributed by atoms with E-state index in [4.69, 9.17) is 9.84 Å². The molecule has 0 unspecified atom stereocenters. The number of ether oxygens (including phenoxy) is 1. The molecule has 6 nitrogen and oxygen atoms in total. The minimum atomic E-state index is -1.09. The molecular weight excluding hydrogens is 236 g/mol. The fourth-order valence-corrected chi connectivity index (χ4v) is 1.14. The number of carboxylic acid groups (broad SMARTS) is 1. The number of rotatable bonds is 5. The van der Waals surface area contributed by atoms with E-state index in [9.17, 15) is 9.59 Å². The maximum Gasteiger partial charge on any atom is 0.323 e. The molecule has 0 aromatic heterocycles. The summed E-state index contributed by atoms with van der Waals surface area (Å²) in [6, 6.07) is 6.68. The summed E-state index contributed by atoms with van der Waals surface area (Å²) in [6.07, 6.45) is 3.11. The van der Waals surface area contributed by atoms with Gasteiger partial charge in [-0.05, 0) is 23.8 Å². The number of methoxy groups -OCH3 is 1. The van der Waals surface area contributed by atoms with Crippen molar-refractivity contribution in [2.24, 2.45) is 0 Å². The number of aliphatic carboxylic acids is 1. The first-order valence-corrected chi connectivity index (χ1v) is 5.18. The van der Waals surface area contributed by atoms with Crippen molar-refractivity contribution >= 4 is 18.1 Å². The summed E-state index contributed by atoms with van der Waals surface area (Å²) in [5.74, 6) is -0.344. The third kappa shape index (κ3) is 5.02. The Balaban J connectivity index is 2.39. The van der Waals surface area contributed by atoms with Gasteiger partial charge in [0, 0.05) is 6.20 Å². The molecule has 0 aliphatic rings. The van der Waals surface area contributed by atoms with Crippen LogP contribution in [0.1, 0.15) is 5.56 Å². The smallest absolute Gasteiger partial charge is 0.323 e. The van der Waals surface area contributed by atoms with Gasteiger partial charge in [0.05, 0.1) is 7.11 Å². The molecule has 0 atom stereocenters. The molecule has 3 N–H and O–H groups in total. The molecule has 0 spiro atoms. The molecule has 0 aliphatic carbocycles. The monoisotopic (exact) mass is 250 g/mol. The van der Waals surface area contributed by atoms with Crippen LogP contribution >= 0.6 is 0 Å². The van der Waals surface area contributed by atoms with Crippen LogP contribution in [0.5, 0.6) is 5.75 Å². The van der Waals surface area contributed by atoms with Crippen molar-refractivity contribution in [1.82, 2.24) is 10.6 Å². The standard InChI is InChI=1S/C12H14N2O4/c1-18-10-4-2-9(3-5-10)6-7-13-12(17)14-8-11(15)16/h2-7H,8H2,1H3,(H,15,16)(H2,13,14,17)/b7-6+. The van der Waals surface area contributed by atoms with E-state index in [1.807, 2.05) is 12.1 Å². The molecule has 1 rings (SSSR count). The molecule has 1 aromatic rings. The zero-order chi connectivity index (χ0) is 13.4. The van der Waals surface area contributed by atoms with Crippen LogP contribution in [0.25, 0.3) is 6.08 Å². The average molecular weight is 250 g/mol. The molecule has 0 bridgehead atoms. The number of hydrogen-bond acceptors (Lipinski definition) is 3. The predicted octanol–water partition coefficient (Wildman–Crippen LogP) is 1.05. The number of urea groups is 1. The van der Waals surface area contributed by atoms with Gasteiger partial charge < -0.3 is 20.5 Å². The molecule has 6 heteroatoms. The molecule has 0 saturated heterocycles. The summed E-state index contributed by atoms with van der Waals surface area (Å²) >= 11 is 0. The van der Waals surface area contributed by atoms with Crippen molar-refractivity contribution in [2.45, 2.75) is 0 Å². The Kier molecular flexibility index (Phi) is 5.24. The van der Waals surface area contributed by atoms with Gasteiger partial charge in [-0.2, -0.15) is 0 Å². The molecule has 18 heavy (non-hydrogen) atoms. The van der Waals surface area contributed by atoms with Crippen molar-refractivity contribution < 1.29 is 19.4 Å². The number of nitrogens with one attached hydrogen (secondary N) is 2. The number of hydrogen-bond donors (Lipinski definition) is 3. The molecule has 0 aliphatic heterocycles. The lowest BCUT2D eigenvalue weighted by Gasteiger charge is -2.01. The van der Waals surface area contributed by atoms with Crippen LogP contribution in [0.4, 0.5) is 4.79 Å².